The molecule has 3 rings (SSSR count). The summed E-state index contributed by atoms with van der Waals surface area (Å²) in [4.78, 5) is 12.4. The van der Waals surface area contributed by atoms with Crippen molar-refractivity contribution in [1.29, 1.82) is 0 Å². The van der Waals surface area contributed by atoms with Crippen LogP contribution in [-0.4, -0.2) is 44.9 Å². The fraction of sp³-hybridized carbons (Fsp3) is 0.296. The Kier molecular flexibility index (Phi) is 9.03. The van der Waals surface area contributed by atoms with Gasteiger partial charge in [-0.25, -0.2) is 13.1 Å². The zero-order valence-electron chi connectivity index (χ0n) is 20.2. The molecule has 0 fully saturated rings. The summed E-state index contributed by atoms with van der Waals surface area (Å²) >= 11 is 0. The minimum absolute atomic E-state index is 0.160. The van der Waals surface area contributed by atoms with Crippen LogP contribution >= 0.6 is 0 Å². The number of ether oxygens (including phenoxy) is 1. The Hall–Kier alpha value is -3.20. The number of amides is 1. The minimum atomic E-state index is -3.69. The van der Waals surface area contributed by atoms with Crippen molar-refractivity contribution < 1.29 is 23.1 Å². The monoisotopic (exact) mass is 496 g/mol. The first-order chi connectivity index (χ1) is 16.6. The highest BCUT2D eigenvalue weighted by Gasteiger charge is 2.18. The maximum Gasteiger partial charge on any atom is 0.268 e. The van der Waals surface area contributed by atoms with Gasteiger partial charge in [0.15, 0.2) is 0 Å². The average molecular weight is 497 g/mol. The van der Waals surface area contributed by atoms with Gasteiger partial charge in [-0.3, -0.25) is 4.79 Å². The number of benzene rings is 3. The molecule has 0 unspecified atom stereocenters. The minimum Gasteiger partial charge on any atom is -0.490 e. The van der Waals surface area contributed by atoms with Crippen LogP contribution in [0.4, 0.5) is 0 Å². The average Bonchev–Trinajstić information content (AvgIpc) is 2.81. The normalized spacial score (nSPS) is 12.4. The maximum atomic E-state index is 12.4. The quantitative estimate of drug-likeness (QED) is 0.350. The summed E-state index contributed by atoms with van der Waals surface area (Å²) in [6.45, 7) is 4.90. The SMILES string of the molecule is CC(C)Oc1cc(-c2ccc(CCNC[C@@H](O)c3ccccc3)cc2)ccc1C(=O)NS(C)(=O)=O. The number of nitrogens with one attached hydrogen (secondary N) is 2. The molecule has 0 aromatic heterocycles. The van der Waals surface area contributed by atoms with Gasteiger partial charge in [0, 0.05) is 6.54 Å². The van der Waals surface area contributed by atoms with Gasteiger partial charge in [0.05, 0.1) is 24.0 Å². The van der Waals surface area contributed by atoms with Gasteiger partial charge in [0.2, 0.25) is 10.0 Å². The fourth-order valence-electron chi connectivity index (χ4n) is 3.59. The van der Waals surface area contributed by atoms with Gasteiger partial charge in [-0.1, -0.05) is 60.7 Å². The van der Waals surface area contributed by atoms with Crippen LogP contribution in [0.15, 0.2) is 72.8 Å². The number of sulfonamides is 1. The van der Waals surface area contributed by atoms with E-state index in [1.165, 1.54) is 0 Å². The number of rotatable bonds is 11. The van der Waals surface area contributed by atoms with Gasteiger partial charge in [0.25, 0.3) is 5.91 Å². The summed E-state index contributed by atoms with van der Waals surface area (Å²) < 4.78 is 30.7. The maximum absolute atomic E-state index is 12.4. The van der Waals surface area contributed by atoms with E-state index < -0.39 is 22.0 Å². The number of aliphatic hydroxyl groups excluding tert-OH is 1. The standard InChI is InChI=1S/C27H32N2O5S/c1-19(2)34-26-17-23(13-14-24(26)27(31)29-35(3,32)33)21-11-9-20(10-12-21)15-16-28-18-25(30)22-7-5-4-6-8-22/h4-14,17,19,25,28,30H,15-16,18H2,1-3H3,(H,29,31)/t25-/m1/s1. The summed E-state index contributed by atoms with van der Waals surface area (Å²) in [5.41, 5.74) is 4.01. The van der Waals surface area contributed by atoms with Gasteiger partial charge in [-0.2, -0.15) is 0 Å². The van der Waals surface area contributed by atoms with Crippen molar-refractivity contribution in [1.82, 2.24) is 10.0 Å². The molecule has 8 heteroatoms. The predicted molar refractivity (Wildman–Crippen MR) is 138 cm³/mol. The van der Waals surface area contributed by atoms with E-state index in [2.05, 4.69) is 5.32 Å². The molecule has 35 heavy (non-hydrogen) atoms. The van der Waals surface area contributed by atoms with Crippen LogP contribution in [0.5, 0.6) is 5.75 Å². The molecule has 0 aliphatic heterocycles. The molecule has 0 bridgehead atoms. The first kappa shape index (κ1) is 26.4. The van der Waals surface area contributed by atoms with E-state index in [-0.39, 0.29) is 11.7 Å². The van der Waals surface area contributed by atoms with Gasteiger partial charge >= 0.3 is 0 Å². The lowest BCUT2D eigenvalue weighted by Crippen LogP contribution is -2.30. The molecule has 7 nitrogen and oxygen atoms in total. The van der Waals surface area contributed by atoms with Crippen LogP contribution in [0.2, 0.25) is 0 Å². The number of aliphatic hydroxyl groups is 1. The van der Waals surface area contributed by atoms with E-state index in [4.69, 9.17) is 4.74 Å². The van der Waals surface area contributed by atoms with Gasteiger partial charge in [-0.15, -0.1) is 0 Å². The number of hydrogen-bond acceptors (Lipinski definition) is 6. The fourth-order valence-corrected chi connectivity index (χ4v) is 4.04. The van der Waals surface area contributed by atoms with Gasteiger partial charge < -0.3 is 15.2 Å². The van der Waals surface area contributed by atoms with Crippen molar-refractivity contribution in [3.8, 4) is 16.9 Å². The molecule has 3 N–H and O–H groups in total. The molecule has 3 aromatic rings. The summed E-state index contributed by atoms with van der Waals surface area (Å²) in [5.74, 6) is -0.404. The molecule has 0 heterocycles. The van der Waals surface area contributed by atoms with Crippen LogP contribution in [0, 0.1) is 0 Å². The topological polar surface area (TPSA) is 105 Å². The Morgan fingerprint density at radius 1 is 0.971 bits per heavy atom. The molecule has 1 amide bonds. The second-order valence-corrected chi connectivity index (χ2v) is 10.4. The molecule has 0 saturated heterocycles. The lowest BCUT2D eigenvalue weighted by molar-refractivity contribution is 0.0976. The first-order valence-electron chi connectivity index (χ1n) is 11.5. The third-order valence-electron chi connectivity index (χ3n) is 5.27. The Balaban J connectivity index is 1.64. The molecule has 186 valence electrons. The van der Waals surface area contributed by atoms with Crippen LogP contribution in [0.3, 0.4) is 0 Å². The van der Waals surface area contributed by atoms with Crippen molar-refractivity contribution in [3.05, 3.63) is 89.5 Å². The Morgan fingerprint density at radius 2 is 1.63 bits per heavy atom. The highest BCUT2D eigenvalue weighted by Crippen LogP contribution is 2.29. The van der Waals surface area contributed by atoms with Crippen LogP contribution < -0.4 is 14.8 Å². The number of carbonyl (C=O) groups is 1. The second-order valence-electron chi connectivity index (χ2n) is 8.66. The lowest BCUT2D eigenvalue weighted by Gasteiger charge is -2.16. The van der Waals surface area contributed by atoms with Crippen LogP contribution in [0.25, 0.3) is 11.1 Å². The van der Waals surface area contributed by atoms with E-state index in [9.17, 15) is 18.3 Å². The molecule has 1 atom stereocenters. The van der Waals surface area contributed by atoms with E-state index in [1.54, 1.807) is 18.2 Å². The molecular formula is C27H32N2O5S. The van der Waals surface area contributed by atoms with Crippen molar-refractivity contribution in [2.24, 2.45) is 0 Å². The van der Waals surface area contributed by atoms with E-state index in [1.807, 2.05) is 73.2 Å². The molecular weight excluding hydrogens is 464 g/mol. The van der Waals surface area contributed by atoms with E-state index >= 15 is 0 Å². The number of carbonyl (C=O) groups excluding carboxylic acids is 1. The number of hydrogen-bond donors (Lipinski definition) is 3. The van der Waals surface area contributed by atoms with Gasteiger partial charge in [-0.05, 0) is 61.2 Å². The third-order valence-corrected chi connectivity index (χ3v) is 5.82. The lowest BCUT2D eigenvalue weighted by atomic mass is 10.0. The summed E-state index contributed by atoms with van der Waals surface area (Å²) in [6, 6.07) is 22.7. The zero-order chi connectivity index (χ0) is 25.4. The molecule has 0 aliphatic rings. The molecule has 0 radical (unpaired) electrons. The smallest absolute Gasteiger partial charge is 0.268 e. The Labute approximate surface area is 207 Å². The Morgan fingerprint density at radius 3 is 2.26 bits per heavy atom. The van der Waals surface area contributed by atoms with Crippen molar-refractivity contribution >= 4 is 15.9 Å². The highest BCUT2D eigenvalue weighted by atomic mass is 32.2. The zero-order valence-corrected chi connectivity index (χ0v) is 21.0. The first-order valence-corrected chi connectivity index (χ1v) is 13.4. The highest BCUT2D eigenvalue weighted by molar-refractivity contribution is 7.89. The molecule has 3 aromatic carbocycles. The predicted octanol–water partition coefficient (Wildman–Crippen LogP) is 3.70. The van der Waals surface area contributed by atoms with Crippen molar-refractivity contribution in [2.45, 2.75) is 32.5 Å². The Bertz CT molecular complexity index is 1230. The summed E-state index contributed by atoms with van der Waals surface area (Å²) in [6.07, 6.45) is 1.02. The summed E-state index contributed by atoms with van der Waals surface area (Å²) in [7, 11) is -3.69. The molecule has 0 aliphatic carbocycles. The molecule has 0 spiro atoms. The van der Waals surface area contributed by atoms with Gasteiger partial charge in [0.1, 0.15) is 5.75 Å². The molecule has 0 saturated carbocycles. The van der Waals surface area contributed by atoms with E-state index in [0.717, 1.165) is 41.5 Å². The summed E-state index contributed by atoms with van der Waals surface area (Å²) in [5, 5.41) is 13.5. The second kappa shape index (κ2) is 12.0. The van der Waals surface area contributed by atoms with Crippen LogP contribution in [0.1, 0.15) is 41.4 Å². The van der Waals surface area contributed by atoms with Crippen LogP contribution in [-0.2, 0) is 16.4 Å². The van der Waals surface area contributed by atoms with Crippen molar-refractivity contribution in [2.75, 3.05) is 19.3 Å². The third kappa shape index (κ3) is 8.20. The van der Waals surface area contributed by atoms with E-state index in [0.29, 0.717) is 12.3 Å². The largest absolute Gasteiger partial charge is 0.490 e. The van der Waals surface area contributed by atoms with Crippen molar-refractivity contribution in [3.63, 3.8) is 0 Å².